The number of likely N-dealkylation sites (tertiary alicyclic amines) is 1. The van der Waals surface area contributed by atoms with Gasteiger partial charge < -0.3 is 5.32 Å². The van der Waals surface area contributed by atoms with Crippen LogP contribution in [-0.4, -0.2) is 23.4 Å². The molecule has 21 heavy (non-hydrogen) atoms. The molecule has 0 spiro atoms. The standard InChI is InChI=1S/C16H17ClN2O2/c17-11-2-1-3-12(7-11)18-8-19-15(20)13-9-4-5-10(6-9)14(13)16(19)21/h1-3,7,9-10,13-14,18H,4-6,8H2/t9-,10-,13-,14+/m0/s1. The predicted octanol–water partition coefficient (Wildman–Crippen LogP) is 2.74. The number of imide groups is 1. The molecule has 0 unspecified atom stereocenters. The third-order valence-corrected chi connectivity index (χ3v) is 5.52. The van der Waals surface area contributed by atoms with Gasteiger partial charge in [0, 0.05) is 10.7 Å². The van der Waals surface area contributed by atoms with Gasteiger partial charge in [0.2, 0.25) is 11.8 Å². The van der Waals surface area contributed by atoms with E-state index in [1.54, 1.807) is 12.1 Å². The second kappa shape index (κ2) is 4.73. The zero-order valence-electron chi connectivity index (χ0n) is 11.6. The van der Waals surface area contributed by atoms with Crippen LogP contribution in [0.4, 0.5) is 5.69 Å². The predicted molar refractivity (Wildman–Crippen MR) is 79.6 cm³/mol. The number of carbonyl (C=O) groups excluding carboxylic acids is 2. The number of hydrogen-bond donors (Lipinski definition) is 1. The van der Waals surface area contributed by atoms with E-state index >= 15 is 0 Å². The zero-order chi connectivity index (χ0) is 14.6. The molecule has 3 aliphatic rings. The largest absolute Gasteiger partial charge is 0.367 e. The molecule has 1 heterocycles. The van der Waals surface area contributed by atoms with Crippen LogP contribution in [0.15, 0.2) is 24.3 Å². The molecule has 2 aliphatic carbocycles. The fraction of sp³-hybridized carbons (Fsp3) is 0.500. The summed E-state index contributed by atoms with van der Waals surface area (Å²) < 4.78 is 0. The quantitative estimate of drug-likeness (QED) is 0.874. The molecule has 1 N–H and O–H groups in total. The van der Waals surface area contributed by atoms with Gasteiger partial charge in [0.15, 0.2) is 0 Å². The molecule has 0 radical (unpaired) electrons. The van der Waals surface area contributed by atoms with Gasteiger partial charge in [-0.25, -0.2) is 0 Å². The maximum absolute atomic E-state index is 12.5. The molecule has 2 saturated carbocycles. The third kappa shape index (κ3) is 1.96. The van der Waals surface area contributed by atoms with Crippen molar-refractivity contribution in [2.24, 2.45) is 23.7 Å². The first-order chi connectivity index (χ1) is 10.1. The second-order valence-electron chi connectivity index (χ2n) is 6.33. The topological polar surface area (TPSA) is 49.4 Å². The Morgan fingerprint density at radius 2 is 1.81 bits per heavy atom. The highest BCUT2D eigenvalue weighted by Crippen LogP contribution is 2.55. The van der Waals surface area contributed by atoms with Crippen LogP contribution in [0.25, 0.3) is 0 Å². The lowest BCUT2D eigenvalue weighted by Crippen LogP contribution is -2.36. The Morgan fingerprint density at radius 3 is 2.43 bits per heavy atom. The van der Waals surface area contributed by atoms with E-state index in [9.17, 15) is 9.59 Å². The normalized spacial score (nSPS) is 33.7. The van der Waals surface area contributed by atoms with Crippen LogP contribution in [0.3, 0.4) is 0 Å². The van der Waals surface area contributed by atoms with E-state index in [4.69, 9.17) is 11.6 Å². The van der Waals surface area contributed by atoms with Gasteiger partial charge in [0.25, 0.3) is 0 Å². The third-order valence-electron chi connectivity index (χ3n) is 5.28. The Labute approximate surface area is 128 Å². The Balaban J connectivity index is 1.49. The first-order valence-electron chi connectivity index (χ1n) is 7.50. The number of nitrogens with one attached hydrogen (secondary N) is 1. The van der Waals surface area contributed by atoms with Crippen molar-refractivity contribution in [3.63, 3.8) is 0 Å². The van der Waals surface area contributed by atoms with Crippen molar-refractivity contribution >= 4 is 29.1 Å². The van der Waals surface area contributed by atoms with Crippen molar-refractivity contribution in [1.29, 1.82) is 0 Å². The summed E-state index contributed by atoms with van der Waals surface area (Å²) >= 11 is 5.93. The minimum Gasteiger partial charge on any atom is -0.367 e. The van der Waals surface area contributed by atoms with Gasteiger partial charge in [-0.2, -0.15) is 0 Å². The maximum Gasteiger partial charge on any atom is 0.234 e. The summed E-state index contributed by atoms with van der Waals surface area (Å²) in [5.74, 6) is 0.827. The molecule has 5 heteroatoms. The number of benzene rings is 1. The number of carbonyl (C=O) groups is 2. The van der Waals surface area contributed by atoms with Crippen molar-refractivity contribution in [1.82, 2.24) is 4.90 Å². The maximum atomic E-state index is 12.5. The SMILES string of the molecule is O=C1[C@@H]2[C@H]3CC[C@@H](C3)[C@@H]2C(=O)N1CNc1cccc(Cl)c1. The Bertz CT molecular complexity index is 590. The van der Waals surface area contributed by atoms with Gasteiger partial charge in [0.1, 0.15) is 0 Å². The van der Waals surface area contributed by atoms with Crippen molar-refractivity contribution in [2.45, 2.75) is 19.3 Å². The average molecular weight is 305 g/mol. The lowest BCUT2D eigenvalue weighted by Gasteiger charge is -2.19. The van der Waals surface area contributed by atoms with Gasteiger partial charge in [-0.3, -0.25) is 14.5 Å². The highest BCUT2D eigenvalue weighted by molar-refractivity contribution is 6.30. The summed E-state index contributed by atoms with van der Waals surface area (Å²) in [6.45, 7) is 0.241. The molecule has 1 aliphatic heterocycles. The van der Waals surface area contributed by atoms with E-state index < -0.39 is 0 Å². The lowest BCUT2D eigenvalue weighted by molar-refractivity contribution is -0.140. The molecule has 1 aromatic rings. The minimum atomic E-state index is -0.0441. The molecule has 2 amide bonds. The van der Waals surface area contributed by atoms with Crippen LogP contribution < -0.4 is 5.32 Å². The highest BCUT2D eigenvalue weighted by Gasteiger charge is 2.60. The number of hydrogen-bond acceptors (Lipinski definition) is 3. The van der Waals surface area contributed by atoms with Crippen molar-refractivity contribution < 1.29 is 9.59 Å². The van der Waals surface area contributed by atoms with E-state index in [-0.39, 0.29) is 30.3 Å². The fourth-order valence-electron chi connectivity index (χ4n) is 4.40. The number of anilines is 1. The summed E-state index contributed by atoms with van der Waals surface area (Å²) in [6, 6.07) is 7.30. The van der Waals surface area contributed by atoms with E-state index in [1.807, 2.05) is 12.1 Å². The summed E-state index contributed by atoms with van der Waals surface area (Å²) in [7, 11) is 0. The lowest BCUT2D eigenvalue weighted by atomic mass is 9.81. The van der Waals surface area contributed by atoms with Crippen LogP contribution in [-0.2, 0) is 9.59 Å². The smallest absolute Gasteiger partial charge is 0.234 e. The first kappa shape index (κ1) is 13.1. The van der Waals surface area contributed by atoms with Crippen LogP contribution >= 0.6 is 11.6 Å². The van der Waals surface area contributed by atoms with Crippen LogP contribution in [0.5, 0.6) is 0 Å². The number of nitrogens with zero attached hydrogens (tertiary/aromatic N) is 1. The Morgan fingerprint density at radius 1 is 1.14 bits per heavy atom. The van der Waals surface area contributed by atoms with E-state index in [2.05, 4.69) is 5.32 Å². The van der Waals surface area contributed by atoms with Gasteiger partial charge in [-0.05, 0) is 49.3 Å². The number of rotatable bonds is 3. The van der Waals surface area contributed by atoms with E-state index in [1.165, 1.54) is 4.90 Å². The molecule has 4 nitrogen and oxygen atoms in total. The summed E-state index contributed by atoms with van der Waals surface area (Å²) in [4.78, 5) is 26.4. The average Bonchev–Trinajstić information content (AvgIpc) is 3.12. The van der Waals surface area contributed by atoms with E-state index in [0.717, 1.165) is 24.9 Å². The molecule has 1 saturated heterocycles. The summed E-state index contributed by atoms with van der Waals surface area (Å²) in [5, 5.41) is 3.76. The Hall–Kier alpha value is -1.55. The fourth-order valence-corrected chi connectivity index (χ4v) is 4.59. The number of halogens is 1. The van der Waals surface area contributed by atoms with Crippen LogP contribution in [0, 0.1) is 23.7 Å². The molecular formula is C16H17ClN2O2. The summed E-state index contributed by atoms with van der Waals surface area (Å²) in [6.07, 6.45) is 3.29. The van der Waals surface area contributed by atoms with Crippen LogP contribution in [0.2, 0.25) is 5.02 Å². The van der Waals surface area contributed by atoms with Gasteiger partial charge in [0.05, 0.1) is 18.5 Å². The summed E-state index contributed by atoms with van der Waals surface area (Å²) in [5.41, 5.74) is 0.822. The highest BCUT2D eigenvalue weighted by atomic mass is 35.5. The second-order valence-corrected chi connectivity index (χ2v) is 6.77. The van der Waals surface area contributed by atoms with Crippen molar-refractivity contribution in [2.75, 3.05) is 12.0 Å². The van der Waals surface area contributed by atoms with Gasteiger partial charge in [-0.1, -0.05) is 17.7 Å². The Kier molecular flexibility index (Phi) is 2.96. The zero-order valence-corrected chi connectivity index (χ0v) is 12.3. The molecular weight excluding hydrogens is 288 g/mol. The van der Waals surface area contributed by atoms with E-state index in [0.29, 0.717) is 16.9 Å². The van der Waals surface area contributed by atoms with Crippen molar-refractivity contribution in [3.05, 3.63) is 29.3 Å². The molecule has 4 atom stereocenters. The monoisotopic (exact) mass is 304 g/mol. The molecule has 0 aromatic heterocycles. The van der Waals surface area contributed by atoms with Crippen molar-refractivity contribution in [3.8, 4) is 0 Å². The molecule has 4 rings (SSSR count). The molecule has 110 valence electrons. The van der Waals surface area contributed by atoms with Gasteiger partial charge in [-0.15, -0.1) is 0 Å². The molecule has 3 fully saturated rings. The van der Waals surface area contributed by atoms with Crippen LogP contribution in [0.1, 0.15) is 19.3 Å². The molecule has 1 aromatic carbocycles. The number of fused-ring (bicyclic) bond motifs is 5. The van der Waals surface area contributed by atoms with Gasteiger partial charge >= 0.3 is 0 Å². The number of amides is 2. The first-order valence-corrected chi connectivity index (χ1v) is 7.87. The molecule has 2 bridgehead atoms. The minimum absolute atomic E-state index is 0.0201.